The van der Waals surface area contributed by atoms with Crippen LogP contribution in [0.3, 0.4) is 0 Å². The second-order valence-electron chi connectivity index (χ2n) is 6.74. The van der Waals surface area contributed by atoms with Crippen LogP contribution in [0.2, 0.25) is 0 Å². The number of nitrogens with zero attached hydrogens (tertiary/aromatic N) is 3. The minimum absolute atomic E-state index is 0.143. The Morgan fingerprint density at radius 3 is 2.90 bits per heavy atom. The zero-order chi connectivity index (χ0) is 20.1. The molecule has 1 N–H and O–H groups in total. The number of hydrogen-bond donors (Lipinski definition) is 1. The van der Waals surface area contributed by atoms with Crippen molar-refractivity contribution in [3.8, 4) is 17.0 Å². The van der Waals surface area contributed by atoms with Crippen LogP contribution in [0.15, 0.2) is 67.0 Å². The van der Waals surface area contributed by atoms with Crippen LogP contribution >= 0.6 is 0 Å². The third-order valence-electron chi connectivity index (χ3n) is 4.81. The zero-order valence-electron chi connectivity index (χ0n) is 15.8. The summed E-state index contributed by atoms with van der Waals surface area (Å²) in [5, 5.41) is 3.29. The van der Waals surface area contributed by atoms with Gasteiger partial charge in [0, 0.05) is 31.4 Å². The van der Waals surface area contributed by atoms with Gasteiger partial charge in [0.15, 0.2) is 0 Å². The lowest BCUT2D eigenvalue weighted by Crippen LogP contribution is -2.56. The molecule has 6 nitrogen and oxygen atoms in total. The van der Waals surface area contributed by atoms with Crippen molar-refractivity contribution >= 4 is 5.91 Å². The summed E-state index contributed by atoms with van der Waals surface area (Å²) >= 11 is 0. The summed E-state index contributed by atoms with van der Waals surface area (Å²) in [4.78, 5) is 23.4. The number of hydrogen-bond acceptors (Lipinski definition) is 5. The Balaban J connectivity index is 1.52. The first-order chi connectivity index (χ1) is 14.2. The Kier molecular flexibility index (Phi) is 5.76. The summed E-state index contributed by atoms with van der Waals surface area (Å²) in [6.45, 7) is 2.21. The molecule has 1 atom stereocenters. The van der Waals surface area contributed by atoms with E-state index in [0.29, 0.717) is 48.9 Å². The van der Waals surface area contributed by atoms with Gasteiger partial charge in [0.2, 0.25) is 0 Å². The summed E-state index contributed by atoms with van der Waals surface area (Å²) in [6, 6.07) is 15.0. The van der Waals surface area contributed by atoms with Gasteiger partial charge >= 0.3 is 0 Å². The fourth-order valence-electron chi connectivity index (χ4n) is 3.32. The third-order valence-corrected chi connectivity index (χ3v) is 4.81. The van der Waals surface area contributed by atoms with Crippen LogP contribution in [0.1, 0.15) is 10.5 Å². The van der Waals surface area contributed by atoms with Crippen molar-refractivity contribution < 1.29 is 13.9 Å². The normalized spacial score (nSPS) is 16.4. The maximum atomic E-state index is 14.1. The van der Waals surface area contributed by atoms with E-state index in [4.69, 9.17) is 4.74 Å². The van der Waals surface area contributed by atoms with Gasteiger partial charge in [0.1, 0.15) is 23.9 Å². The molecule has 0 radical (unpaired) electrons. The van der Waals surface area contributed by atoms with Crippen molar-refractivity contribution in [1.29, 1.82) is 0 Å². The minimum atomic E-state index is -0.366. The molecule has 1 aliphatic rings. The highest BCUT2D eigenvalue weighted by molar-refractivity contribution is 5.93. The van der Waals surface area contributed by atoms with Crippen LogP contribution in [-0.2, 0) is 0 Å². The van der Waals surface area contributed by atoms with Crippen molar-refractivity contribution in [2.75, 3.05) is 26.2 Å². The predicted molar refractivity (Wildman–Crippen MR) is 107 cm³/mol. The largest absolute Gasteiger partial charge is 0.490 e. The number of amides is 1. The Morgan fingerprint density at radius 2 is 2.07 bits per heavy atom. The SMILES string of the molecule is O=C(c1cccc(-c2ccccc2F)n1)N1CCNCC1COc1cccnc1. The van der Waals surface area contributed by atoms with E-state index in [1.165, 1.54) is 6.07 Å². The topological polar surface area (TPSA) is 67.4 Å². The van der Waals surface area contributed by atoms with Crippen molar-refractivity contribution in [3.05, 3.63) is 78.5 Å². The minimum Gasteiger partial charge on any atom is -0.490 e. The Labute approximate surface area is 168 Å². The number of ether oxygens (including phenoxy) is 1. The van der Waals surface area contributed by atoms with Crippen molar-refractivity contribution in [1.82, 2.24) is 20.2 Å². The monoisotopic (exact) mass is 392 g/mol. The van der Waals surface area contributed by atoms with Crippen LogP contribution in [0.5, 0.6) is 5.75 Å². The summed E-state index contributed by atoms with van der Waals surface area (Å²) in [5.41, 5.74) is 1.10. The quantitative estimate of drug-likeness (QED) is 0.723. The Bertz CT molecular complexity index is 983. The molecular weight excluding hydrogens is 371 g/mol. The molecule has 3 heterocycles. The number of pyridine rings is 2. The van der Waals surface area contributed by atoms with Gasteiger partial charge in [-0.25, -0.2) is 9.37 Å². The lowest BCUT2D eigenvalue weighted by molar-refractivity contribution is 0.0553. The number of rotatable bonds is 5. The first kappa shape index (κ1) is 19.0. The first-order valence-corrected chi connectivity index (χ1v) is 9.49. The van der Waals surface area contributed by atoms with Gasteiger partial charge in [-0.15, -0.1) is 0 Å². The van der Waals surface area contributed by atoms with E-state index in [2.05, 4.69) is 15.3 Å². The molecule has 4 rings (SSSR count). The molecule has 7 heteroatoms. The van der Waals surface area contributed by atoms with Gasteiger partial charge in [0.25, 0.3) is 5.91 Å². The molecule has 1 aliphatic heterocycles. The number of aromatic nitrogens is 2. The molecule has 1 aromatic carbocycles. The smallest absolute Gasteiger partial charge is 0.272 e. The highest BCUT2D eigenvalue weighted by Crippen LogP contribution is 2.21. The summed E-state index contributed by atoms with van der Waals surface area (Å²) in [7, 11) is 0. The number of carbonyl (C=O) groups is 1. The van der Waals surface area contributed by atoms with E-state index in [-0.39, 0.29) is 17.8 Å². The number of nitrogens with one attached hydrogen (secondary N) is 1. The molecule has 0 saturated carbocycles. The third kappa shape index (κ3) is 4.41. The van der Waals surface area contributed by atoms with Crippen LogP contribution in [0.4, 0.5) is 4.39 Å². The van der Waals surface area contributed by atoms with Crippen molar-refractivity contribution in [2.24, 2.45) is 0 Å². The average Bonchev–Trinajstić information content (AvgIpc) is 2.78. The van der Waals surface area contributed by atoms with Gasteiger partial charge in [0.05, 0.1) is 17.9 Å². The van der Waals surface area contributed by atoms with Gasteiger partial charge < -0.3 is 15.0 Å². The molecule has 1 saturated heterocycles. The van der Waals surface area contributed by atoms with Crippen molar-refractivity contribution in [3.63, 3.8) is 0 Å². The number of piperazine rings is 1. The van der Waals surface area contributed by atoms with Gasteiger partial charge in [-0.2, -0.15) is 0 Å². The van der Waals surface area contributed by atoms with E-state index in [1.807, 2.05) is 6.07 Å². The van der Waals surface area contributed by atoms with Crippen LogP contribution in [0.25, 0.3) is 11.3 Å². The molecule has 1 unspecified atom stereocenters. The van der Waals surface area contributed by atoms with Crippen LogP contribution < -0.4 is 10.1 Å². The first-order valence-electron chi connectivity index (χ1n) is 9.49. The second kappa shape index (κ2) is 8.79. The summed E-state index contributed by atoms with van der Waals surface area (Å²) < 4.78 is 19.9. The van der Waals surface area contributed by atoms with E-state index >= 15 is 0 Å². The standard InChI is InChI=1S/C22H21FN4O2/c23-19-7-2-1-6-18(19)20-8-3-9-21(26-20)22(28)27-12-11-25-13-16(27)15-29-17-5-4-10-24-14-17/h1-10,14,16,25H,11-13,15H2. The molecule has 1 amide bonds. The molecule has 2 aromatic heterocycles. The summed E-state index contributed by atoms with van der Waals surface area (Å²) in [5.74, 6) is 0.101. The Hall–Kier alpha value is -3.32. The molecule has 148 valence electrons. The average molecular weight is 392 g/mol. The molecule has 0 spiro atoms. The molecule has 3 aromatic rings. The highest BCUT2D eigenvalue weighted by Gasteiger charge is 2.29. The molecule has 1 fully saturated rings. The number of benzene rings is 1. The fraction of sp³-hybridized carbons (Fsp3) is 0.227. The maximum absolute atomic E-state index is 14.1. The number of carbonyl (C=O) groups excluding carboxylic acids is 1. The lowest BCUT2D eigenvalue weighted by atomic mass is 10.1. The van der Waals surface area contributed by atoms with E-state index in [0.717, 1.165) is 0 Å². The molecular formula is C22H21FN4O2. The van der Waals surface area contributed by atoms with Gasteiger partial charge in [-0.05, 0) is 36.4 Å². The van der Waals surface area contributed by atoms with Gasteiger partial charge in [-0.1, -0.05) is 18.2 Å². The highest BCUT2D eigenvalue weighted by atomic mass is 19.1. The van der Waals surface area contributed by atoms with Crippen molar-refractivity contribution in [2.45, 2.75) is 6.04 Å². The predicted octanol–water partition coefficient (Wildman–Crippen LogP) is 2.78. The van der Waals surface area contributed by atoms with E-state index < -0.39 is 0 Å². The zero-order valence-corrected chi connectivity index (χ0v) is 15.8. The molecule has 29 heavy (non-hydrogen) atoms. The lowest BCUT2D eigenvalue weighted by Gasteiger charge is -2.35. The van der Waals surface area contributed by atoms with E-state index in [9.17, 15) is 9.18 Å². The second-order valence-corrected chi connectivity index (χ2v) is 6.74. The Morgan fingerprint density at radius 1 is 1.17 bits per heavy atom. The maximum Gasteiger partial charge on any atom is 0.272 e. The molecule has 0 bridgehead atoms. The fourth-order valence-corrected chi connectivity index (χ4v) is 3.32. The van der Waals surface area contributed by atoms with Gasteiger partial charge in [-0.3, -0.25) is 9.78 Å². The van der Waals surface area contributed by atoms with Crippen LogP contribution in [-0.4, -0.2) is 53.1 Å². The number of halogens is 1. The summed E-state index contributed by atoms with van der Waals surface area (Å²) in [6.07, 6.45) is 3.32. The van der Waals surface area contributed by atoms with E-state index in [1.54, 1.807) is 59.8 Å². The molecule has 0 aliphatic carbocycles. The van der Waals surface area contributed by atoms with Crippen LogP contribution in [0, 0.1) is 5.82 Å².